The molecule has 2 aromatic carbocycles. The van der Waals surface area contributed by atoms with Crippen molar-refractivity contribution in [2.24, 2.45) is 23.7 Å². The van der Waals surface area contributed by atoms with Crippen molar-refractivity contribution >= 4 is 28.3 Å². The fourth-order valence-electron chi connectivity index (χ4n) is 5.07. The van der Waals surface area contributed by atoms with Crippen molar-refractivity contribution in [2.75, 3.05) is 4.90 Å². The highest BCUT2D eigenvalue weighted by Gasteiger charge is 2.62. The molecule has 1 heterocycles. The van der Waals surface area contributed by atoms with Crippen LogP contribution in [0.2, 0.25) is 0 Å². The van der Waals surface area contributed by atoms with Crippen LogP contribution in [0.4, 0.5) is 5.69 Å². The summed E-state index contributed by atoms with van der Waals surface area (Å²) in [7, 11) is 0. The molecule has 3 nitrogen and oxygen atoms in total. The number of hydrogen-bond acceptors (Lipinski definition) is 2. The monoisotopic (exact) mass is 329 g/mol. The lowest BCUT2D eigenvalue weighted by Gasteiger charge is -2.20. The van der Waals surface area contributed by atoms with Crippen molar-refractivity contribution in [1.29, 1.82) is 0 Å². The molecule has 25 heavy (non-hydrogen) atoms. The molecule has 4 atom stereocenters. The average Bonchev–Trinajstić information content (AvgIpc) is 3.25. The molecule has 4 unspecified atom stereocenters. The Morgan fingerprint density at radius 3 is 2.08 bits per heavy atom. The van der Waals surface area contributed by atoms with Gasteiger partial charge in [0.15, 0.2) is 0 Å². The predicted octanol–water partition coefficient (Wildman–Crippen LogP) is 4.10. The van der Waals surface area contributed by atoms with E-state index in [4.69, 9.17) is 0 Å². The van der Waals surface area contributed by atoms with Crippen LogP contribution in [-0.4, -0.2) is 11.8 Å². The van der Waals surface area contributed by atoms with Gasteiger partial charge in [0.25, 0.3) is 0 Å². The van der Waals surface area contributed by atoms with E-state index in [9.17, 15) is 9.59 Å². The predicted molar refractivity (Wildman–Crippen MR) is 97.9 cm³/mol. The summed E-state index contributed by atoms with van der Waals surface area (Å²) in [6.07, 6.45) is 4.26. The van der Waals surface area contributed by atoms with Gasteiger partial charge >= 0.3 is 0 Å². The Labute approximate surface area is 146 Å². The van der Waals surface area contributed by atoms with Crippen molar-refractivity contribution in [3.63, 3.8) is 0 Å². The molecule has 0 spiro atoms. The SMILES string of the molecule is CC(C)=C1C2C=CC1C1C(=O)N(c3cccc4ccccc34)C(=O)C21. The number of carbonyl (C=O) groups excluding carboxylic acids is 2. The van der Waals surface area contributed by atoms with E-state index in [0.29, 0.717) is 0 Å². The van der Waals surface area contributed by atoms with E-state index < -0.39 is 0 Å². The highest BCUT2D eigenvalue weighted by molar-refractivity contribution is 6.25. The Hall–Kier alpha value is -2.68. The van der Waals surface area contributed by atoms with Crippen molar-refractivity contribution in [2.45, 2.75) is 13.8 Å². The zero-order valence-corrected chi connectivity index (χ0v) is 14.3. The standard InChI is InChI=1S/C22H19NO2/c1-12(2)18-15-10-11-16(18)20-19(15)21(24)23(22(20)25)17-9-5-7-13-6-3-4-8-14(13)17/h3-11,15-16,19-20H,1-2H3. The number of carbonyl (C=O) groups is 2. The highest BCUT2D eigenvalue weighted by Crippen LogP contribution is 2.57. The van der Waals surface area contributed by atoms with E-state index >= 15 is 0 Å². The Balaban J connectivity index is 1.65. The van der Waals surface area contributed by atoms with E-state index in [1.165, 1.54) is 16.0 Å². The van der Waals surface area contributed by atoms with Crippen LogP contribution in [0.3, 0.4) is 0 Å². The lowest BCUT2D eigenvalue weighted by atomic mass is 9.85. The maximum Gasteiger partial charge on any atom is 0.238 e. The Morgan fingerprint density at radius 1 is 0.840 bits per heavy atom. The molecule has 1 aliphatic heterocycles. The van der Waals surface area contributed by atoms with Crippen molar-refractivity contribution in [3.05, 3.63) is 65.8 Å². The summed E-state index contributed by atoms with van der Waals surface area (Å²) in [5.41, 5.74) is 3.25. The first-order valence-electron chi connectivity index (χ1n) is 8.81. The fourth-order valence-corrected chi connectivity index (χ4v) is 5.07. The molecular formula is C22H19NO2. The van der Waals surface area contributed by atoms with Gasteiger partial charge < -0.3 is 0 Å². The molecule has 124 valence electrons. The lowest BCUT2D eigenvalue weighted by Crippen LogP contribution is -2.33. The van der Waals surface area contributed by atoms with Crippen LogP contribution in [0.25, 0.3) is 10.8 Å². The van der Waals surface area contributed by atoms with Gasteiger partial charge in [-0.25, -0.2) is 4.90 Å². The molecule has 0 aromatic heterocycles. The van der Waals surface area contributed by atoms with Crippen LogP contribution in [0, 0.1) is 23.7 Å². The first kappa shape index (κ1) is 14.6. The van der Waals surface area contributed by atoms with Crippen LogP contribution in [0.5, 0.6) is 0 Å². The second kappa shape index (κ2) is 4.92. The molecular weight excluding hydrogens is 310 g/mol. The molecule has 2 aliphatic carbocycles. The van der Waals surface area contributed by atoms with E-state index in [0.717, 1.165) is 16.5 Å². The van der Waals surface area contributed by atoms with E-state index in [1.54, 1.807) is 0 Å². The molecule has 0 radical (unpaired) electrons. The number of rotatable bonds is 1. The summed E-state index contributed by atoms with van der Waals surface area (Å²) >= 11 is 0. The summed E-state index contributed by atoms with van der Waals surface area (Å²) < 4.78 is 0. The Morgan fingerprint density at radius 2 is 1.44 bits per heavy atom. The van der Waals surface area contributed by atoms with Crippen molar-refractivity contribution < 1.29 is 9.59 Å². The fraction of sp³-hybridized carbons (Fsp3) is 0.273. The van der Waals surface area contributed by atoms with E-state index in [1.807, 2.05) is 42.5 Å². The number of hydrogen-bond donors (Lipinski definition) is 0. The molecule has 1 saturated heterocycles. The molecule has 1 saturated carbocycles. The molecule has 2 bridgehead atoms. The molecule has 3 heteroatoms. The third kappa shape index (κ3) is 1.76. The minimum atomic E-state index is -0.230. The third-order valence-electron chi connectivity index (χ3n) is 6.00. The minimum absolute atomic E-state index is 0.0399. The average molecular weight is 329 g/mol. The number of fused-ring (bicyclic) bond motifs is 6. The largest absolute Gasteiger partial charge is 0.274 e. The minimum Gasteiger partial charge on any atom is -0.274 e. The number of imide groups is 1. The van der Waals surface area contributed by atoms with Crippen LogP contribution in [-0.2, 0) is 9.59 Å². The Kier molecular flexibility index (Phi) is 2.88. The van der Waals surface area contributed by atoms with Crippen molar-refractivity contribution in [1.82, 2.24) is 0 Å². The second-order valence-electron chi connectivity index (χ2n) is 7.45. The zero-order chi connectivity index (χ0) is 17.3. The summed E-state index contributed by atoms with van der Waals surface area (Å²) in [5, 5.41) is 2.00. The Bertz CT molecular complexity index is 957. The molecule has 5 rings (SSSR count). The van der Waals surface area contributed by atoms with E-state index in [2.05, 4.69) is 26.0 Å². The summed E-state index contributed by atoms with van der Waals surface area (Å²) in [4.78, 5) is 27.9. The molecule has 2 fully saturated rings. The van der Waals surface area contributed by atoms with Gasteiger partial charge in [-0.3, -0.25) is 9.59 Å². The van der Waals surface area contributed by atoms with Gasteiger partial charge in [-0.1, -0.05) is 59.7 Å². The van der Waals surface area contributed by atoms with Gasteiger partial charge in [0.1, 0.15) is 0 Å². The number of nitrogens with zero attached hydrogens (tertiary/aromatic N) is 1. The lowest BCUT2D eigenvalue weighted by molar-refractivity contribution is -0.122. The summed E-state index contributed by atoms with van der Waals surface area (Å²) in [6.45, 7) is 4.17. The zero-order valence-electron chi connectivity index (χ0n) is 14.3. The van der Waals surface area contributed by atoms with Gasteiger partial charge in [-0.15, -0.1) is 0 Å². The number of anilines is 1. The highest BCUT2D eigenvalue weighted by atomic mass is 16.2. The smallest absolute Gasteiger partial charge is 0.238 e. The van der Waals surface area contributed by atoms with Gasteiger partial charge in [-0.2, -0.15) is 0 Å². The van der Waals surface area contributed by atoms with Crippen molar-refractivity contribution in [3.8, 4) is 0 Å². The number of benzene rings is 2. The quantitative estimate of drug-likeness (QED) is 0.583. The normalized spacial score (nSPS) is 29.8. The van der Waals surface area contributed by atoms with Crippen LogP contribution in [0.1, 0.15) is 13.8 Å². The second-order valence-corrected chi connectivity index (χ2v) is 7.45. The third-order valence-corrected chi connectivity index (χ3v) is 6.00. The molecule has 2 aromatic rings. The maximum absolute atomic E-state index is 13.2. The van der Waals surface area contributed by atoms with Gasteiger partial charge in [-0.05, 0) is 25.3 Å². The molecule has 0 N–H and O–H groups in total. The topological polar surface area (TPSA) is 37.4 Å². The first-order chi connectivity index (χ1) is 12.1. The molecule has 2 amide bonds. The first-order valence-corrected chi connectivity index (χ1v) is 8.81. The summed E-state index contributed by atoms with van der Waals surface area (Å²) in [6, 6.07) is 13.7. The maximum atomic E-state index is 13.2. The molecule has 3 aliphatic rings. The van der Waals surface area contributed by atoms with Gasteiger partial charge in [0, 0.05) is 17.2 Å². The number of allylic oxidation sites excluding steroid dienone is 4. The van der Waals surface area contributed by atoms with Gasteiger partial charge in [0.05, 0.1) is 17.5 Å². The van der Waals surface area contributed by atoms with E-state index in [-0.39, 0.29) is 35.5 Å². The number of amides is 2. The van der Waals surface area contributed by atoms with Crippen LogP contribution >= 0.6 is 0 Å². The van der Waals surface area contributed by atoms with Crippen LogP contribution < -0.4 is 4.90 Å². The summed E-state index contributed by atoms with van der Waals surface area (Å²) in [5.74, 6) is -0.352. The van der Waals surface area contributed by atoms with Crippen LogP contribution in [0.15, 0.2) is 65.8 Å². The van der Waals surface area contributed by atoms with Gasteiger partial charge in [0.2, 0.25) is 11.8 Å².